The number of nitrogens with zero attached hydrogens (tertiary/aromatic N) is 2. The number of pyridine rings is 1. The van der Waals surface area contributed by atoms with Gasteiger partial charge in [0.25, 0.3) is 0 Å². The van der Waals surface area contributed by atoms with Crippen LogP contribution in [-0.2, 0) is 6.54 Å². The molecule has 1 rings (SSSR count). The average molecular weight is 255 g/mol. The molecule has 0 bridgehead atoms. The predicted molar refractivity (Wildman–Crippen MR) is 50.9 cm³/mol. The second-order valence-electron chi connectivity index (χ2n) is 3.15. The fraction of sp³-hybridized carbons (Fsp3) is 0.455. The van der Waals surface area contributed by atoms with Gasteiger partial charge in [0.2, 0.25) is 0 Å². The zero-order valence-electron chi connectivity index (χ0n) is 8.41. The standard InChI is InChI=1S/C11H15N2.BrH/c1-2-3-4-7-13-8-5-6-11(9-12)10-13;/h5-6,8,10H,2-4,7H2,1H3;1H/q+1;/p-1. The summed E-state index contributed by atoms with van der Waals surface area (Å²) < 4.78 is 2.08. The van der Waals surface area contributed by atoms with E-state index in [1.165, 1.54) is 19.3 Å². The molecule has 1 aromatic heterocycles. The molecular formula is C11H15BrN2. The van der Waals surface area contributed by atoms with Crippen molar-refractivity contribution in [2.75, 3.05) is 0 Å². The van der Waals surface area contributed by atoms with Crippen LogP contribution in [0.25, 0.3) is 0 Å². The molecular weight excluding hydrogens is 240 g/mol. The second kappa shape index (κ2) is 7.52. The van der Waals surface area contributed by atoms with Crippen LogP contribution in [0.4, 0.5) is 0 Å². The third kappa shape index (κ3) is 4.38. The van der Waals surface area contributed by atoms with Gasteiger partial charge in [0.05, 0.1) is 0 Å². The molecule has 1 heterocycles. The molecule has 76 valence electrons. The Morgan fingerprint density at radius 1 is 1.43 bits per heavy atom. The smallest absolute Gasteiger partial charge is 0.186 e. The molecule has 0 aliphatic rings. The Labute approximate surface area is 96.0 Å². The highest BCUT2D eigenvalue weighted by Gasteiger charge is 2.00. The van der Waals surface area contributed by atoms with Crippen molar-refractivity contribution in [1.82, 2.24) is 0 Å². The molecule has 14 heavy (non-hydrogen) atoms. The lowest BCUT2D eigenvalue weighted by Crippen LogP contribution is -3.00. The van der Waals surface area contributed by atoms with Crippen LogP contribution in [0.15, 0.2) is 24.5 Å². The summed E-state index contributed by atoms with van der Waals surface area (Å²) in [5.74, 6) is 0. The average Bonchev–Trinajstić information content (AvgIpc) is 2.19. The van der Waals surface area contributed by atoms with Gasteiger partial charge in [-0.15, -0.1) is 0 Å². The number of hydrogen-bond donors (Lipinski definition) is 0. The third-order valence-corrected chi connectivity index (χ3v) is 2.01. The summed E-state index contributed by atoms with van der Waals surface area (Å²) in [6.07, 6.45) is 7.59. The van der Waals surface area contributed by atoms with Crippen LogP contribution in [0, 0.1) is 11.3 Å². The summed E-state index contributed by atoms with van der Waals surface area (Å²) in [4.78, 5) is 0. The molecule has 0 fully saturated rings. The minimum Gasteiger partial charge on any atom is -1.00 e. The molecule has 0 aliphatic carbocycles. The van der Waals surface area contributed by atoms with Crippen molar-refractivity contribution >= 4 is 0 Å². The van der Waals surface area contributed by atoms with E-state index < -0.39 is 0 Å². The SMILES string of the molecule is CCCCC[n+]1cccc(C#N)c1.[Br-]. The first-order valence-electron chi connectivity index (χ1n) is 4.76. The van der Waals surface area contributed by atoms with Gasteiger partial charge in [-0.3, -0.25) is 0 Å². The van der Waals surface area contributed by atoms with Crippen molar-refractivity contribution in [2.45, 2.75) is 32.7 Å². The lowest BCUT2D eigenvalue weighted by Gasteiger charge is -1.95. The summed E-state index contributed by atoms with van der Waals surface area (Å²) in [6, 6.07) is 5.89. The van der Waals surface area contributed by atoms with Crippen LogP contribution >= 0.6 is 0 Å². The summed E-state index contributed by atoms with van der Waals surface area (Å²) >= 11 is 0. The van der Waals surface area contributed by atoms with Crippen molar-refractivity contribution in [2.24, 2.45) is 0 Å². The van der Waals surface area contributed by atoms with Gasteiger partial charge in [-0.05, 0) is 12.5 Å². The summed E-state index contributed by atoms with van der Waals surface area (Å²) in [5.41, 5.74) is 0.735. The number of unbranched alkanes of at least 4 members (excludes halogenated alkanes) is 2. The molecule has 2 nitrogen and oxygen atoms in total. The molecule has 0 aromatic carbocycles. The van der Waals surface area contributed by atoms with E-state index in [9.17, 15) is 0 Å². The molecule has 0 unspecified atom stereocenters. The predicted octanol–water partition coefficient (Wildman–Crippen LogP) is -0.960. The Morgan fingerprint density at radius 2 is 2.21 bits per heavy atom. The second-order valence-corrected chi connectivity index (χ2v) is 3.15. The zero-order valence-corrected chi connectivity index (χ0v) is 10.00. The number of nitriles is 1. The van der Waals surface area contributed by atoms with Crippen LogP contribution in [0.5, 0.6) is 0 Å². The lowest BCUT2D eigenvalue weighted by molar-refractivity contribution is -0.697. The van der Waals surface area contributed by atoms with Crippen LogP contribution < -0.4 is 21.5 Å². The Morgan fingerprint density at radius 3 is 2.86 bits per heavy atom. The van der Waals surface area contributed by atoms with E-state index in [-0.39, 0.29) is 17.0 Å². The Balaban J connectivity index is 0.00000169. The normalized spacial score (nSPS) is 8.86. The minimum atomic E-state index is 0. The van der Waals surface area contributed by atoms with Crippen molar-refractivity contribution in [3.8, 4) is 6.07 Å². The van der Waals surface area contributed by atoms with E-state index in [1.807, 2.05) is 24.5 Å². The van der Waals surface area contributed by atoms with E-state index >= 15 is 0 Å². The number of hydrogen-bond acceptors (Lipinski definition) is 1. The highest BCUT2D eigenvalue weighted by molar-refractivity contribution is 5.21. The molecule has 3 heteroatoms. The van der Waals surface area contributed by atoms with Gasteiger partial charge in [0, 0.05) is 12.5 Å². The van der Waals surface area contributed by atoms with E-state index in [1.54, 1.807) is 0 Å². The van der Waals surface area contributed by atoms with Gasteiger partial charge in [0.1, 0.15) is 18.2 Å². The van der Waals surface area contributed by atoms with Gasteiger partial charge in [0.15, 0.2) is 12.4 Å². The Kier molecular flexibility index (Phi) is 7.04. The van der Waals surface area contributed by atoms with Crippen LogP contribution in [0.2, 0.25) is 0 Å². The van der Waals surface area contributed by atoms with Gasteiger partial charge in [-0.25, -0.2) is 4.57 Å². The maximum Gasteiger partial charge on any atom is 0.186 e. The fourth-order valence-electron chi connectivity index (χ4n) is 1.27. The minimum absolute atomic E-state index is 0. The third-order valence-electron chi connectivity index (χ3n) is 2.01. The summed E-state index contributed by atoms with van der Waals surface area (Å²) in [5, 5.41) is 8.67. The molecule has 0 N–H and O–H groups in total. The van der Waals surface area contributed by atoms with E-state index in [0.717, 1.165) is 12.1 Å². The molecule has 0 amide bonds. The monoisotopic (exact) mass is 254 g/mol. The molecule has 0 atom stereocenters. The quantitative estimate of drug-likeness (QED) is 0.503. The Hall–Kier alpha value is -0.880. The molecule has 0 aliphatic heterocycles. The van der Waals surface area contributed by atoms with Gasteiger partial charge in [-0.1, -0.05) is 13.3 Å². The molecule has 1 aromatic rings. The first-order valence-corrected chi connectivity index (χ1v) is 4.76. The number of aromatic nitrogens is 1. The fourth-order valence-corrected chi connectivity index (χ4v) is 1.27. The number of aryl methyl sites for hydroxylation is 1. The number of halogens is 1. The maximum absolute atomic E-state index is 8.67. The van der Waals surface area contributed by atoms with Crippen LogP contribution in [0.3, 0.4) is 0 Å². The van der Waals surface area contributed by atoms with Gasteiger partial charge in [-0.2, -0.15) is 5.26 Å². The topological polar surface area (TPSA) is 27.7 Å². The zero-order chi connectivity index (χ0) is 9.52. The summed E-state index contributed by atoms with van der Waals surface area (Å²) in [7, 11) is 0. The first kappa shape index (κ1) is 13.1. The van der Waals surface area contributed by atoms with Gasteiger partial charge >= 0.3 is 0 Å². The van der Waals surface area contributed by atoms with Gasteiger partial charge < -0.3 is 17.0 Å². The highest BCUT2D eigenvalue weighted by atomic mass is 79.9. The van der Waals surface area contributed by atoms with Crippen molar-refractivity contribution in [3.05, 3.63) is 30.1 Å². The largest absolute Gasteiger partial charge is 1.00 e. The van der Waals surface area contributed by atoms with Crippen molar-refractivity contribution in [3.63, 3.8) is 0 Å². The molecule has 0 saturated heterocycles. The van der Waals surface area contributed by atoms with E-state index in [0.29, 0.717) is 0 Å². The molecule has 0 saturated carbocycles. The lowest BCUT2D eigenvalue weighted by atomic mass is 10.2. The molecule has 0 radical (unpaired) electrons. The number of rotatable bonds is 4. The first-order chi connectivity index (χ1) is 6.36. The highest BCUT2D eigenvalue weighted by Crippen LogP contribution is 1.95. The molecule has 0 spiro atoms. The van der Waals surface area contributed by atoms with E-state index in [2.05, 4.69) is 17.6 Å². The van der Waals surface area contributed by atoms with Crippen molar-refractivity contribution in [1.29, 1.82) is 5.26 Å². The summed E-state index contributed by atoms with van der Waals surface area (Å²) in [6.45, 7) is 3.21. The van der Waals surface area contributed by atoms with Crippen LogP contribution in [0.1, 0.15) is 31.7 Å². The van der Waals surface area contributed by atoms with E-state index in [4.69, 9.17) is 5.26 Å². The van der Waals surface area contributed by atoms with Crippen LogP contribution in [-0.4, -0.2) is 0 Å². The van der Waals surface area contributed by atoms with Crippen molar-refractivity contribution < 1.29 is 21.5 Å². The maximum atomic E-state index is 8.67. The Bertz CT molecular complexity index is 304.